The molecular weight excluding hydrogens is 411 g/mol. The fourth-order valence-electron chi connectivity index (χ4n) is 3.12. The third-order valence-electron chi connectivity index (χ3n) is 4.71. The van der Waals surface area contributed by atoms with Gasteiger partial charge in [0.2, 0.25) is 0 Å². The molecule has 0 aliphatic rings. The number of hydroxylamine groups is 1. The molecule has 2 heterocycles. The van der Waals surface area contributed by atoms with Crippen LogP contribution in [0.5, 0.6) is 0 Å². The molecule has 0 aliphatic heterocycles. The van der Waals surface area contributed by atoms with E-state index in [0.29, 0.717) is 10.6 Å². The molecule has 7 nitrogen and oxygen atoms in total. The van der Waals surface area contributed by atoms with Gasteiger partial charge in [-0.15, -0.1) is 0 Å². The molecule has 0 aliphatic carbocycles. The number of halogens is 3. The van der Waals surface area contributed by atoms with Crippen molar-refractivity contribution >= 4 is 28.4 Å². The lowest BCUT2D eigenvalue weighted by Crippen LogP contribution is -2.31. The number of imidazole rings is 1. The van der Waals surface area contributed by atoms with Gasteiger partial charge in [0.05, 0.1) is 23.0 Å². The molecule has 2 aromatic heterocycles. The number of pyridine rings is 1. The van der Waals surface area contributed by atoms with Gasteiger partial charge in [-0.1, -0.05) is 6.07 Å². The number of aromatic nitrogens is 3. The number of nitrogens with zero attached hydrogens (tertiary/aromatic N) is 4. The van der Waals surface area contributed by atoms with Crippen LogP contribution in [0.15, 0.2) is 67.3 Å². The first kappa shape index (κ1) is 20.4. The number of fused-ring (bicyclic) bond motifs is 1. The Balaban J connectivity index is 1.52. The van der Waals surface area contributed by atoms with Crippen LogP contribution < -0.4 is 10.4 Å². The van der Waals surface area contributed by atoms with Crippen molar-refractivity contribution in [2.45, 2.75) is 13.1 Å². The number of urea groups is 1. The summed E-state index contributed by atoms with van der Waals surface area (Å²) in [5.74, 6) is 0. The number of hydrogen-bond donors (Lipinski definition) is 2. The largest absolute Gasteiger partial charge is 0.416 e. The second-order valence-corrected chi connectivity index (χ2v) is 6.76. The summed E-state index contributed by atoms with van der Waals surface area (Å²) in [4.78, 5) is 20.6. The Bertz CT molecular complexity index is 1250. The van der Waals surface area contributed by atoms with E-state index in [9.17, 15) is 23.2 Å². The van der Waals surface area contributed by atoms with Crippen molar-refractivity contribution in [2.24, 2.45) is 0 Å². The van der Waals surface area contributed by atoms with E-state index in [1.165, 1.54) is 31.2 Å². The Labute approximate surface area is 174 Å². The van der Waals surface area contributed by atoms with Crippen LogP contribution in [0.25, 0.3) is 16.7 Å². The second-order valence-electron chi connectivity index (χ2n) is 6.76. The van der Waals surface area contributed by atoms with Crippen LogP contribution in [0.2, 0.25) is 0 Å². The quantitative estimate of drug-likeness (QED) is 0.349. The van der Waals surface area contributed by atoms with E-state index < -0.39 is 17.8 Å². The summed E-state index contributed by atoms with van der Waals surface area (Å²) in [6, 6.07) is 10.5. The van der Waals surface area contributed by atoms with Gasteiger partial charge in [-0.05, 0) is 55.0 Å². The molecule has 2 aromatic carbocycles. The molecule has 2 N–H and O–H groups in total. The summed E-state index contributed by atoms with van der Waals surface area (Å²) >= 11 is 0. The molecule has 2 amide bonds. The third kappa shape index (κ3) is 4.05. The SMILES string of the molecule is Cc1ccc(NC(=O)N(O)c2ccc(-n3cnc4cnccc43)cc2)cc1C(F)(F)F. The van der Waals surface area contributed by atoms with Gasteiger partial charge in [0.15, 0.2) is 0 Å². The second kappa shape index (κ2) is 7.73. The highest BCUT2D eigenvalue weighted by atomic mass is 19.4. The lowest BCUT2D eigenvalue weighted by Gasteiger charge is -2.18. The first-order valence-electron chi connectivity index (χ1n) is 9.09. The molecule has 4 rings (SSSR count). The van der Waals surface area contributed by atoms with Gasteiger partial charge in [0.25, 0.3) is 0 Å². The number of anilines is 2. The van der Waals surface area contributed by atoms with Gasteiger partial charge in [0, 0.05) is 17.6 Å². The van der Waals surface area contributed by atoms with E-state index in [0.717, 1.165) is 17.3 Å². The average molecular weight is 427 g/mol. The Kier molecular flexibility index (Phi) is 5.07. The third-order valence-corrected chi connectivity index (χ3v) is 4.71. The Morgan fingerprint density at radius 2 is 1.87 bits per heavy atom. The highest BCUT2D eigenvalue weighted by Gasteiger charge is 2.32. The average Bonchev–Trinajstić information content (AvgIpc) is 3.18. The number of aryl methyl sites for hydroxylation is 1. The first-order valence-corrected chi connectivity index (χ1v) is 9.09. The maximum atomic E-state index is 13.1. The molecule has 0 atom stereocenters. The van der Waals surface area contributed by atoms with Crippen molar-refractivity contribution < 1.29 is 23.2 Å². The zero-order chi connectivity index (χ0) is 22.2. The normalized spacial score (nSPS) is 11.5. The van der Waals surface area contributed by atoms with Gasteiger partial charge < -0.3 is 5.32 Å². The van der Waals surface area contributed by atoms with E-state index in [-0.39, 0.29) is 16.9 Å². The summed E-state index contributed by atoms with van der Waals surface area (Å²) < 4.78 is 41.0. The number of hydrogen-bond acceptors (Lipinski definition) is 4. The number of amides is 2. The van der Waals surface area contributed by atoms with Crippen LogP contribution in [0.4, 0.5) is 29.3 Å². The summed E-state index contributed by atoms with van der Waals surface area (Å²) in [7, 11) is 0. The smallest absolute Gasteiger partial charge is 0.306 e. The number of rotatable bonds is 3. The monoisotopic (exact) mass is 427 g/mol. The van der Waals surface area contributed by atoms with E-state index in [2.05, 4.69) is 15.3 Å². The minimum Gasteiger partial charge on any atom is -0.306 e. The fraction of sp³-hybridized carbons (Fsp3) is 0.0952. The molecule has 0 unspecified atom stereocenters. The first-order chi connectivity index (χ1) is 14.7. The van der Waals surface area contributed by atoms with Gasteiger partial charge in [-0.25, -0.2) is 9.78 Å². The zero-order valence-electron chi connectivity index (χ0n) is 16.1. The summed E-state index contributed by atoms with van der Waals surface area (Å²) in [5.41, 5.74) is 1.51. The molecule has 10 heteroatoms. The van der Waals surface area contributed by atoms with E-state index >= 15 is 0 Å². The molecule has 0 radical (unpaired) electrons. The van der Waals surface area contributed by atoms with Crippen LogP contribution in [-0.4, -0.2) is 25.8 Å². The van der Waals surface area contributed by atoms with Crippen molar-refractivity contribution in [3.8, 4) is 5.69 Å². The molecule has 4 aromatic rings. The lowest BCUT2D eigenvalue weighted by atomic mass is 10.1. The van der Waals surface area contributed by atoms with E-state index in [4.69, 9.17) is 0 Å². The van der Waals surface area contributed by atoms with E-state index in [1.54, 1.807) is 36.9 Å². The van der Waals surface area contributed by atoms with Gasteiger partial charge >= 0.3 is 12.2 Å². The number of carbonyl (C=O) groups is 1. The lowest BCUT2D eigenvalue weighted by molar-refractivity contribution is -0.138. The fourth-order valence-corrected chi connectivity index (χ4v) is 3.12. The highest BCUT2D eigenvalue weighted by molar-refractivity contribution is 6.00. The maximum absolute atomic E-state index is 13.1. The molecule has 31 heavy (non-hydrogen) atoms. The van der Waals surface area contributed by atoms with Crippen molar-refractivity contribution in [3.63, 3.8) is 0 Å². The van der Waals surface area contributed by atoms with Crippen LogP contribution in [-0.2, 0) is 6.18 Å². The van der Waals surface area contributed by atoms with Gasteiger partial charge in [0.1, 0.15) is 11.8 Å². The summed E-state index contributed by atoms with van der Waals surface area (Å²) in [5, 5.41) is 12.8. The predicted molar refractivity (Wildman–Crippen MR) is 108 cm³/mol. The standard InChI is InChI=1S/C21H16F3N5O2/c1-13-2-3-14(10-17(13)21(22,23)24)27-20(30)29(31)16-6-4-15(5-7-16)28-12-26-18-11-25-9-8-19(18)28/h2-12,31H,1H3,(H,27,30). The molecular formula is C21H16F3N5O2. The molecule has 0 fully saturated rings. The van der Waals surface area contributed by atoms with Crippen molar-refractivity contribution in [1.82, 2.24) is 14.5 Å². The van der Waals surface area contributed by atoms with E-state index in [1.807, 2.05) is 4.57 Å². The summed E-state index contributed by atoms with van der Waals surface area (Å²) in [6.45, 7) is 1.33. The number of nitrogens with one attached hydrogen (secondary N) is 1. The molecule has 0 bridgehead atoms. The number of alkyl halides is 3. The molecule has 0 spiro atoms. The van der Waals surface area contributed by atoms with Crippen molar-refractivity contribution in [1.29, 1.82) is 0 Å². The van der Waals surface area contributed by atoms with Crippen LogP contribution in [0.3, 0.4) is 0 Å². The Hall–Kier alpha value is -3.92. The van der Waals surface area contributed by atoms with Crippen LogP contribution >= 0.6 is 0 Å². The topological polar surface area (TPSA) is 83.3 Å². The highest BCUT2D eigenvalue weighted by Crippen LogP contribution is 2.33. The Morgan fingerprint density at radius 1 is 1.13 bits per heavy atom. The minimum absolute atomic E-state index is 0.0322. The molecule has 0 saturated carbocycles. The number of benzene rings is 2. The van der Waals surface area contributed by atoms with Crippen LogP contribution in [0.1, 0.15) is 11.1 Å². The van der Waals surface area contributed by atoms with Crippen molar-refractivity contribution in [3.05, 3.63) is 78.4 Å². The van der Waals surface area contributed by atoms with Crippen molar-refractivity contribution in [2.75, 3.05) is 10.4 Å². The van der Waals surface area contributed by atoms with Crippen LogP contribution in [0, 0.1) is 6.92 Å². The maximum Gasteiger partial charge on any atom is 0.416 e. The molecule has 158 valence electrons. The summed E-state index contributed by atoms with van der Waals surface area (Å²) in [6.07, 6.45) is 0.354. The minimum atomic E-state index is -4.55. The number of carbonyl (C=O) groups excluding carboxylic acids is 1. The predicted octanol–water partition coefficient (Wildman–Crippen LogP) is 5.18. The van der Waals surface area contributed by atoms with Gasteiger partial charge in [-0.2, -0.15) is 18.2 Å². The van der Waals surface area contributed by atoms with Gasteiger partial charge in [-0.3, -0.25) is 14.8 Å². The Morgan fingerprint density at radius 3 is 2.58 bits per heavy atom. The zero-order valence-corrected chi connectivity index (χ0v) is 16.1. The molecule has 0 saturated heterocycles.